The fraction of sp³-hybridized carbons (Fsp3) is 0.148. The van der Waals surface area contributed by atoms with Gasteiger partial charge in [-0.05, 0) is 29.3 Å². The predicted molar refractivity (Wildman–Crippen MR) is 137 cm³/mol. The number of amides is 4. The number of anilines is 1. The lowest BCUT2D eigenvalue weighted by Crippen LogP contribution is -2.54. The Bertz CT molecular complexity index is 1390. The number of hydrogen-bond donors (Lipinski definition) is 1. The third-order valence-electron chi connectivity index (χ3n) is 5.53. The number of carbonyl (C=O) groups is 3. The monoisotopic (exact) mass is 522 g/mol. The summed E-state index contributed by atoms with van der Waals surface area (Å²) < 4.78 is 21.8. The van der Waals surface area contributed by atoms with Gasteiger partial charge in [0.1, 0.15) is 23.7 Å². The van der Waals surface area contributed by atoms with Crippen LogP contribution >= 0.6 is 11.6 Å². The molecule has 0 radical (unpaired) electrons. The summed E-state index contributed by atoms with van der Waals surface area (Å²) >= 11 is 6.15. The number of carbonyl (C=O) groups excluding carboxylic acids is 3. The van der Waals surface area contributed by atoms with Crippen molar-refractivity contribution in [3.8, 4) is 23.0 Å². The van der Waals surface area contributed by atoms with Gasteiger partial charge < -0.3 is 18.9 Å². The number of nitrogens with one attached hydrogen (secondary N) is 1. The normalized spacial score (nSPS) is 14.4. The molecule has 0 aliphatic carbocycles. The van der Waals surface area contributed by atoms with Crippen LogP contribution in [0.25, 0.3) is 6.08 Å². The molecule has 1 heterocycles. The van der Waals surface area contributed by atoms with E-state index in [4.69, 9.17) is 30.5 Å². The molecular weight excluding hydrogens is 500 g/mol. The summed E-state index contributed by atoms with van der Waals surface area (Å²) in [6.07, 6.45) is 1.36. The van der Waals surface area contributed by atoms with Gasteiger partial charge in [-0.25, -0.2) is 9.69 Å². The zero-order valence-electron chi connectivity index (χ0n) is 20.2. The van der Waals surface area contributed by atoms with Crippen molar-refractivity contribution in [2.24, 2.45) is 0 Å². The fourth-order valence-electron chi connectivity index (χ4n) is 3.69. The van der Waals surface area contributed by atoms with E-state index in [1.54, 1.807) is 18.2 Å². The lowest BCUT2D eigenvalue weighted by Gasteiger charge is -2.28. The molecular formula is C27H23ClN2O7. The zero-order chi connectivity index (χ0) is 26.5. The SMILES string of the molecule is COc1cc(N2C(=O)NC(=O)/C(=C/c3ccc(OCc4ccccc4)c(OC)c3)C2=O)c(OC)cc1Cl. The first-order chi connectivity index (χ1) is 17.9. The molecule has 0 saturated carbocycles. The molecule has 9 nitrogen and oxygen atoms in total. The van der Waals surface area contributed by atoms with Crippen molar-refractivity contribution in [3.05, 3.63) is 82.4 Å². The maximum Gasteiger partial charge on any atom is 0.336 e. The third-order valence-corrected chi connectivity index (χ3v) is 5.83. The fourth-order valence-corrected chi connectivity index (χ4v) is 3.92. The minimum Gasteiger partial charge on any atom is -0.495 e. The van der Waals surface area contributed by atoms with Crippen LogP contribution in [0.4, 0.5) is 10.5 Å². The molecule has 0 spiro atoms. The lowest BCUT2D eigenvalue weighted by molar-refractivity contribution is -0.122. The second kappa shape index (κ2) is 11.0. The van der Waals surface area contributed by atoms with E-state index >= 15 is 0 Å². The molecule has 4 amide bonds. The predicted octanol–water partition coefficient (Wildman–Crippen LogP) is 4.61. The summed E-state index contributed by atoms with van der Waals surface area (Å²) in [5.41, 5.74) is 1.26. The van der Waals surface area contributed by atoms with Gasteiger partial charge in [0.15, 0.2) is 11.5 Å². The van der Waals surface area contributed by atoms with E-state index in [-0.39, 0.29) is 27.8 Å². The van der Waals surface area contributed by atoms with E-state index in [0.29, 0.717) is 23.7 Å². The second-order valence-electron chi connectivity index (χ2n) is 7.80. The first-order valence-corrected chi connectivity index (χ1v) is 11.4. The number of imide groups is 2. The molecule has 1 saturated heterocycles. The van der Waals surface area contributed by atoms with Gasteiger partial charge in [0, 0.05) is 12.1 Å². The molecule has 1 aliphatic rings. The maximum atomic E-state index is 13.4. The Kier molecular flexibility index (Phi) is 7.64. The highest BCUT2D eigenvalue weighted by molar-refractivity contribution is 6.39. The van der Waals surface area contributed by atoms with Crippen LogP contribution in [-0.2, 0) is 16.2 Å². The van der Waals surface area contributed by atoms with Crippen LogP contribution in [-0.4, -0.2) is 39.2 Å². The van der Waals surface area contributed by atoms with Crippen LogP contribution in [0.2, 0.25) is 5.02 Å². The number of urea groups is 1. The second-order valence-corrected chi connectivity index (χ2v) is 8.21. The van der Waals surface area contributed by atoms with Gasteiger partial charge in [-0.1, -0.05) is 48.0 Å². The number of ether oxygens (including phenoxy) is 4. The highest BCUT2D eigenvalue weighted by Crippen LogP contribution is 2.39. The molecule has 0 aromatic heterocycles. The molecule has 37 heavy (non-hydrogen) atoms. The Morgan fingerprint density at radius 2 is 1.54 bits per heavy atom. The van der Waals surface area contributed by atoms with Crippen molar-refractivity contribution < 1.29 is 33.3 Å². The summed E-state index contributed by atoms with van der Waals surface area (Å²) in [5.74, 6) is -0.427. The van der Waals surface area contributed by atoms with Crippen molar-refractivity contribution in [1.82, 2.24) is 5.32 Å². The van der Waals surface area contributed by atoms with E-state index in [0.717, 1.165) is 10.5 Å². The van der Waals surface area contributed by atoms with Gasteiger partial charge in [0.05, 0.1) is 32.0 Å². The molecule has 3 aromatic rings. The number of hydrogen-bond acceptors (Lipinski definition) is 7. The largest absolute Gasteiger partial charge is 0.495 e. The Labute approximate surface area is 218 Å². The summed E-state index contributed by atoms with van der Waals surface area (Å²) in [6, 6.07) is 16.5. The average molecular weight is 523 g/mol. The van der Waals surface area contributed by atoms with E-state index in [9.17, 15) is 14.4 Å². The molecule has 0 bridgehead atoms. The number of nitrogens with zero attached hydrogens (tertiary/aromatic N) is 1. The summed E-state index contributed by atoms with van der Waals surface area (Å²) in [5, 5.41) is 2.41. The van der Waals surface area contributed by atoms with Crippen molar-refractivity contribution in [2.45, 2.75) is 6.61 Å². The molecule has 1 fully saturated rings. The van der Waals surface area contributed by atoms with E-state index < -0.39 is 17.8 Å². The highest BCUT2D eigenvalue weighted by atomic mass is 35.5. The average Bonchev–Trinajstić information content (AvgIpc) is 2.91. The van der Waals surface area contributed by atoms with Gasteiger partial charge >= 0.3 is 6.03 Å². The molecule has 0 atom stereocenters. The minimum absolute atomic E-state index is 0.0619. The first-order valence-electron chi connectivity index (χ1n) is 11.0. The van der Waals surface area contributed by atoms with Crippen molar-refractivity contribution >= 4 is 41.2 Å². The summed E-state index contributed by atoms with van der Waals surface area (Å²) in [6.45, 7) is 0.335. The number of rotatable bonds is 8. The van der Waals surface area contributed by atoms with E-state index in [1.807, 2.05) is 30.3 Å². The molecule has 3 aromatic carbocycles. The van der Waals surface area contributed by atoms with E-state index in [2.05, 4.69) is 5.32 Å². The number of barbiturate groups is 1. The summed E-state index contributed by atoms with van der Waals surface area (Å²) in [4.78, 5) is 39.5. The van der Waals surface area contributed by atoms with Crippen molar-refractivity contribution in [3.63, 3.8) is 0 Å². The minimum atomic E-state index is -0.933. The number of benzene rings is 3. The maximum absolute atomic E-state index is 13.4. The molecule has 1 N–H and O–H groups in total. The molecule has 4 rings (SSSR count). The van der Waals surface area contributed by atoms with Crippen LogP contribution in [0.15, 0.2) is 66.2 Å². The van der Waals surface area contributed by atoms with Gasteiger partial charge in [-0.3, -0.25) is 14.9 Å². The van der Waals surface area contributed by atoms with Gasteiger partial charge in [0.2, 0.25) is 0 Å². The van der Waals surface area contributed by atoms with Crippen molar-refractivity contribution in [2.75, 3.05) is 26.2 Å². The third kappa shape index (κ3) is 5.36. The molecule has 1 aliphatic heterocycles. The Morgan fingerprint density at radius 3 is 2.22 bits per heavy atom. The quantitative estimate of drug-likeness (QED) is 0.340. The van der Waals surface area contributed by atoms with Crippen LogP contribution in [0.1, 0.15) is 11.1 Å². The van der Waals surface area contributed by atoms with Crippen LogP contribution < -0.4 is 29.2 Å². The van der Waals surface area contributed by atoms with Gasteiger partial charge in [0.25, 0.3) is 11.8 Å². The van der Waals surface area contributed by atoms with Gasteiger partial charge in [-0.2, -0.15) is 0 Å². The topological polar surface area (TPSA) is 103 Å². The Hall–Kier alpha value is -4.50. The highest BCUT2D eigenvalue weighted by Gasteiger charge is 2.38. The lowest BCUT2D eigenvalue weighted by atomic mass is 10.1. The molecule has 0 unspecified atom stereocenters. The molecule has 190 valence electrons. The Morgan fingerprint density at radius 1 is 0.838 bits per heavy atom. The first kappa shape index (κ1) is 25.6. The smallest absolute Gasteiger partial charge is 0.336 e. The number of methoxy groups -OCH3 is 3. The Balaban J connectivity index is 1.66. The molecule has 10 heteroatoms. The standard InChI is InChI=1S/C27H23ClN2O7/c1-34-22-14-20(23(35-2)13-19(22)28)30-26(32)18(25(31)29-27(30)33)11-17-9-10-21(24(12-17)36-3)37-15-16-7-5-4-6-8-16/h4-14H,15H2,1-3H3,(H,29,31,33)/b18-11-. The van der Waals surface area contributed by atoms with Crippen molar-refractivity contribution in [1.29, 1.82) is 0 Å². The van der Waals surface area contributed by atoms with Crippen LogP contribution in [0.5, 0.6) is 23.0 Å². The van der Waals surface area contributed by atoms with E-state index in [1.165, 1.54) is 39.5 Å². The van der Waals surface area contributed by atoms with Crippen LogP contribution in [0, 0.1) is 0 Å². The van der Waals surface area contributed by atoms with Crippen LogP contribution in [0.3, 0.4) is 0 Å². The zero-order valence-corrected chi connectivity index (χ0v) is 21.0. The number of halogens is 1. The summed E-state index contributed by atoms with van der Waals surface area (Å²) in [7, 11) is 4.25. The van der Waals surface area contributed by atoms with Gasteiger partial charge in [-0.15, -0.1) is 0 Å².